The van der Waals surface area contributed by atoms with Crippen molar-refractivity contribution in [3.63, 3.8) is 0 Å². The van der Waals surface area contributed by atoms with Crippen LogP contribution in [0.25, 0.3) is 0 Å². The molecule has 0 aliphatic carbocycles. The van der Waals surface area contributed by atoms with Crippen molar-refractivity contribution >= 4 is 77.1 Å². The molecule has 18 heavy (non-hydrogen) atoms. The average molecular weight is 312 g/mol. The van der Waals surface area contributed by atoms with Crippen molar-refractivity contribution in [2.45, 2.75) is 18.4 Å². The second-order valence-corrected chi connectivity index (χ2v) is 4.20. The molecule has 5 N–H and O–H groups in total. The zero-order valence-corrected chi connectivity index (χ0v) is 9.03. The average Bonchev–Trinajstić information content (AvgIpc) is 1.96. The normalized spacial score (nSPS) is 13.9. The molecule has 0 saturated carbocycles. The fourth-order valence-electron chi connectivity index (χ4n) is 0.868. The molecule has 0 spiro atoms. The van der Waals surface area contributed by atoms with Crippen molar-refractivity contribution in [3.05, 3.63) is 0 Å². The zero-order chi connectivity index (χ0) is 13.9. The molecule has 100 valence electrons. The van der Waals surface area contributed by atoms with Gasteiger partial charge >= 0.3 is 77.1 Å². The second-order valence-electron chi connectivity index (χ2n) is 3.04. The number of carboxylic acids is 2. The van der Waals surface area contributed by atoms with Crippen LogP contribution in [0, 0.1) is 0 Å². The molecule has 12 heteroatoms. The van der Waals surface area contributed by atoms with E-state index in [-0.39, 0.29) is 51.4 Å². The number of hydrogen-bond acceptors (Lipinski definition) is 6. The van der Waals surface area contributed by atoms with Gasteiger partial charge in [-0.3, -0.25) is 19.4 Å². The van der Waals surface area contributed by atoms with Crippen molar-refractivity contribution in [1.82, 2.24) is 0 Å². The molecule has 10 nitrogen and oxygen atoms in total. The molecule has 0 saturated heterocycles. The van der Waals surface area contributed by atoms with Gasteiger partial charge in [0.25, 0.3) is 0 Å². The Hall–Kier alpha value is 0.156. The maximum absolute atomic E-state index is 10.8. The molecule has 0 aromatic rings. The van der Waals surface area contributed by atoms with E-state index in [4.69, 9.17) is 20.0 Å². The van der Waals surface area contributed by atoms with Gasteiger partial charge in [-0.2, -0.15) is 0 Å². The molecule has 0 aromatic heterocycles. The Labute approximate surface area is 143 Å². The number of aliphatic carboxylic acids is 2. The van der Waals surface area contributed by atoms with Gasteiger partial charge in [-0.15, -0.1) is 0 Å². The van der Waals surface area contributed by atoms with Gasteiger partial charge in [0.15, 0.2) is 5.60 Å². The first kappa shape index (κ1) is 20.5. The summed E-state index contributed by atoms with van der Waals surface area (Å²) in [4.78, 5) is 48.1. The van der Waals surface area contributed by atoms with E-state index in [1.165, 1.54) is 0 Å². The van der Waals surface area contributed by atoms with E-state index in [0.29, 0.717) is 0 Å². The minimum atomic E-state index is -5.17. The molecule has 0 radical (unpaired) electrons. The van der Waals surface area contributed by atoms with E-state index >= 15 is 0 Å². The Balaban J connectivity index is 0. The molecule has 0 bridgehead atoms. The maximum atomic E-state index is 10.8. The van der Waals surface area contributed by atoms with Crippen LogP contribution in [0.3, 0.4) is 0 Å². The van der Waals surface area contributed by atoms with Gasteiger partial charge in [-0.05, 0) is 0 Å². The molecule has 0 heterocycles. The number of phosphoric ester groups is 1. The third-order valence-electron chi connectivity index (χ3n) is 1.50. The van der Waals surface area contributed by atoms with Gasteiger partial charge in [-0.1, -0.05) is 0 Å². The summed E-state index contributed by atoms with van der Waals surface area (Å²) in [7, 11) is -5.17. The molecule has 1 unspecified atom stereocenters. The van der Waals surface area contributed by atoms with Gasteiger partial charge in [0, 0.05) is 0 Å². The first-order chi connectivity index (χ1) is 7.46. The van der Waals surface area contributed by atoms with E-state index in [1.807, 2.05) is 0 Å². The fraction of sp³-hybridized carbons (Fsp3) is 0.500. The van der Waals surface area contributed by atoms with Crippen LogP contribution < -0.4 is 0 Å². The van der Waals surface area contributed by atoms with Crippen molar-refractivity contribution in [1.29, 1.82) is 0 Å². The van der Waals surface area contributed by atoms with Crippen molar-refractivity contribution in [2.75, 3.05) is 0 Å². The SMILES string of the molecule is O=C(O)CC(O)(CC(=O)OP(=O)(O)O)C(=O)O.[KH]. The third kappa shape index (κ3) is 8.29. The van der Waals surface area contributed by atoms with Crippen LogP contribution >= 0.6 is 7.82 Å². The van der Waals surface area contributed by atoms with Crippen molar-refractivity contribution in [3.8, 4) is 0 Å². The van der Waals surface area contributed by atoms with Crippen molar-refractivity contribution < 1.29 is 48.6 Å². The summed E-state index contributed by atoms with van der Waals surface area (Å²) in [6.45, 7) is 0. The van der Waals surface area contributed by atoms with Crippen LogP contribution in [0.15, 0.2) is 0 Å². The molecular weight excluding hydrogens is 302 g/mol. The number of carboxylic acid groups (broad SMARTS) is 2. The van der Waals surface area contributed by atoms with Crippen LogP contribution in [-0.4, -0.2) is 100.0 Å². The van der Waals surface area contributed by atoms with Gasteiger partial charge in [-0.25, -0.2) is 9.36 Å². The first-order valence-corrected chi connectivity index (χ1v) is 5.45. The Kier molecular flexibility index (Phi) is 8.73. The number of hydrogen-bond donors (Lipinski definition) is 5. The molecule has 1 atom stereocenters. The summed E-state index contributed by atoms with van der Waals surface area (Å²) < 4.78 is 13.7. The Morgan fingerprint density at radius 2 is 1.56 bits per heavy atom. The van der Waals surface area contributed by atoms with Crippen LogP contribution in [-0.2, 0) is 23.5 Å². The number of carbonyl (C=O) groups is 3. The molecule has 0 fully saturated rings. The Morgan fingerprint density at radius 3 is 1.83 bits per heavy atom. The molecule has 0 aliphatic rings. The number of aliphatic hydroxyl groups is 1. The van der Waals surface area contributed by atoms with E-state index < -0.39 is 44.2 Å². The van der Waals surface area contributed by atoms with E-state index in [1.54, 1.807) is 0 Å². The first-order valence-electron chi connectivity index (χ1n) is 3.92. The van der Waals surface area contributed by atoms with Gasteiger partial charge in [0.05, 0.1) is 12.8 Å². The Bertz CT molecular complexity index is 388. The monoisotopic (exact) mass is 312 g/mol. The molecule has 0 aliphatic heterocycles. The van der Waals surface area contributed by atoms with Gasteiger partial charge in [0.2, 0.25) is 0 Å². The summed E-state index contributed by atoms with van der Waals surface area (Å²) in [5, 5.41) is 26.1. The quantitative estimate of drug-likeness (QED) is 0.263. The molecule has 0 aromatic carbocycles. The third-order valence-corrected chi connectivity index (χ3v) is 1.94. The molecular formula is C6H10KO10P. The minimum absolute atomic E-state index is 0. The predicted octanol–water partition coefficient (Wildman–Crippen LogP) is -2.35. The summed E-state index contributed by atoms with van der Waals surface area (Å²) in [5.74, 6) is -5.47. The zero-order valence-electron chi connectivity index (χ0n) is 8.14. The van der Waals surface area contributed by atoms with Crippen molar-refractivity contribution in [2.24, 2.45) is 0 Å². The topological polar surface area (TPSA) is 179 Å². The summed E-state index contributed by atoms with van der Waals surface area (Å²) in [6.07, 6.45) is -2.72. The van der Waals surface area contributed by atoms with E-state index in [2.05, 4.69) is 4.52 Å². The van der Waals surface area contributed by atoms with E-state index in [0.717, 1.165) is 0 Å². The van der Waals surface area contributed by atoms with Crippen LogP contribution in [0.5, 0.6) is 0 Å². The van der Waals surface area contributed by atoms with E-state index in [9.17, 15) is 24.1 Å². The Morgan fingerprint density at radius 1 is 1.11 bits per heavy atom. The van der Waals surface area contributed by atoms with Gasteiger partial charge in [0.1, 0.15) is 0 Å². The fourth-order valence-corrected chi connectivity index (χ4v) is 1.20. The standard InChI is InChI=1S/C6H9O10P.K.H/c7-3(8)1-6(12,5(10)11)2-4(9)16-17(13,14)15;;/h12H,1-2H2,(H,7,8)(H,10,11)(H2,13,14,15);;. The second kappa shape index (κ2) is 7.67. The summed E-state index contributed by atoms with van der Waals surface area (Å²) >= 11 is 0. The van der Waals surface area contributed by atoms with Crippen LogP contribution in [0.1, 0.15) is 12.8 Å². The van der Waals surface area contributed by atoms with Gasteiger partial charge < -0.3 is 19.8 Å². The number of phosphoric acid groups is 1. The summed E-state index contributed by atoms with van der Waals surface area (Å²) in [6, 6.07) is 0. The molecule has 0 rings (SSSR count). The number of carbonyl (C=O) groups excluding carboxylic acids is 1. The summed E-state index contributed by atoms with van der Waals surface area (Å²) in [5.41, 5.74) is -2.99. The predicted molar refractivity (Wildman–Crippen MR) is 54.7 cm³/mol. The van der Waals surface area contributed by atoms with Crippen LogP contribution in [0.2, 0.25) is 0 Å². The van der Waals surface area contributed by atoms with Crippen LogP contribution in [0.4, 0.5) is 0 Å². The molecule has 0 amide bonds. The number of rotatable bonds is 6.